The average molecular weight is 326 g/mol. The van der Waals surface area contributed by atoms with E-state index in [9.17, 15) is 4.79 Å². The van der Waals surface area contributed by atoms with Crippen LogP contribution in [0, 0.1) is 0 Å². The largest absolute Gasteiger partial charge is 0.478 e. The van der Waals surface area contributed by atoms with Crippen LogP contribution in [-0.4, -0.2) is 33.4 Å². The molecule has 1 aliphatic rings. The van der Waals surface area contributed by atoms with Crippen LogP contribution in [0.4, 0.5) is 0 Å². The topological polar surface area (TPSA) is 57.0 Å². The lowest BCUT2D eigenvalue weighted by molar-refractivity contribution is 0.395. The van der Waals surface area contributed by atoms with Gasteiger partial charge in [0, 0.05) is 18.0 Å². The van der Waals surface area contributed by atoms with Gasteiger partial charge >= 0.3 is 0 Å². The Bertz CT molecular complexity index is 741. The number of halogens is 1. The van der Waals surface area contributed by atoms with Crippen LogP contribution >= 0.6 is 23.4 Å². The first-order valence-corrected chi connectivity index (χ1v) is 8.34. The molecule has 1 fully saturated rings. The fourth-order valence-electron chi connectivity index (χ4n) is 2.81. The summed E-state index contributed by atoms with van der Waals surface area (Å²) in [6.45, 7) is 0. The van der Waals surface area contributed by atoms with Crippen molar-refractivity contribution in [3.05, 3.63) is 27.1 Å². The fraction of sp³-hybridized carbons (Fsp3) is 0.500. The van der Waals surface area contributed by atoms with Crippen molar-refractivity contribution in [3.63, 3.8) is 0 Å². The molecule has 5 nitrogen and oxygen atoms in total. The number of aryl methyl sites for hydroxylation is 1. The Morgan fingerprint density at radius 2 is 2.10 bits per heavy atom. The van der Waals surface area contributed by atoms with Crippen LogP contribution in [0.3, 0.4) is 0 Å². The molecule has 3 rings (SSSR count). The predicted molar refractivity (Wildman–Crippen MR) is 85.6 cm³/mol. The molecule has 21 heavy (non-hydrogen) atoms. The fourth-order valence-corrected chi connectivity index (χ4v) is 4.09. The van der Waals surface area contributed by atoms with E-state index in [1.807, 2.05) is 17.8 Å². The summed E-state index contributed by atoms with van der Waals surface area (Å²) in [6.07, 6.45) is 2.05. The number of methoxy groups -OCH3 is 1. The lowest BCUT2D eigenvalue weighted by atomic mass is 9.94. The molecule has 2 aromatic heterocycles. The van der Waals surface area contributed by atoms with Crippen LogP contribution in [0.5, 0.6) is 5.88 Å². The molecule has 0 unspecified atom stereocenters. The second-order valence-corrected chi connectivity index (χ2v) is 6.70. The number of rotatable bonds is 2. The molecular formula is C14H16ClN3O2S. The van der Waals surface area contributed by atoms with E-state index >= 15 is 0 Å². The molecule has 7 heteroatoms. The number of pyridine rings is 1. The first kappa shape index (κ1) is 14.7. The van der Waals surface area contributed by atoms with E-state index in [0.717, 1.165) is 35.3 Å². The molecule has 0 bridgehead atoms. The van der Waals surface area contributed by atoms with E-state index in [1.165, 1.54) is 7.11 Å². The van der Waals surface area contributed by atoms with Gasteiger partial charge in [0.25, 0.3) is 11.4 Å². The first-order valence-electron chi connectivity index (χ1n) is 6.81. The normalized spacial score (nSPS) is 16.3. The number of fused-ring (bicyclic) bond motifs is 1. The van der Waals surface area contributed by atoms with Crippen molar-refractivity contribution in [1.29, 1.82) is 0 Å². The number of hydrogen-bond acceptors (Lipinski definition) is 5. The summed E-state index contributed by atoms with van der Waals surface area (Å²) < 4.78 is 6.78. The molecule has 3 heterocycles. The highest BCUT2D eigenvalue weighted by molar-refractivity contribution is 7.99. The third-order valence-electron chi connectivity index (χ3n) is 3.95. The van der Waals surface area contributed by atoms with Gasteiger partial charge in [-0.25, -0.2) is 0 Å². The van der Waals surface area contributed by atoms with Gasteiger partial charge in [-0.1, -0.05) is 11.6 Å². The molecule has 0 spiro atoms. The summed E-state index contributed by atoms with van der Waals surface area (Å²) in [7, 11) is 3.24. The van der Waals surface area contributed by atoms with Gasteiger partial charge in [0.05, 0.1) is 7.11 Å². The van der Waals surface area contributed by atoms with Crippen LogP contribution in [-0.2, 0) is 7.05 Å². The molecular weight excluding hydrogens is 310 g/mol. The number of thioether (sulfide) groups is 1. The minimum atomic E-state index is 0.00164. The number of ether oxygens (including phenoxy) is 1. The monoisotopic (exact) mass is 325 g/mol. The molecule has 0 N–H and O–H groups in total. The third kappa shape index (κ3) is 2.51. The lowest BCUT2D eigenvalue weighted by Gasteiger charge is -2.22. The van der Waals surface area contributed by atoms with E-state index in [1.54, 1.807) is 11.6 Å². The predicted octanol–water partition coefficient (Wildman–Crippen LogP) is 2.60. The Hall–Kier alpha value is -1.27. The first-order chi connectivity index (χ1) is 10.1. The molecule has 0 atom stereocenters. The highest BCUT2D eigenvalue weighted by Gasteiger charge is 2.22. The maximum atomic E-state index is 12.7. The molecule has 0 aliphatic carbocycles. The molecule has 1 saturated heterocycles. The zero-order valence-electron chi connectivity index (χ0n) is 11.9. The van der Waals surface area contributed by atoms with E-state index in [4.69, 9.17) is 16.3 Å². The summed E-state index contributed by atoms with van der Waals surface area (Å²) in [5, 5.41) is 8.83. The smallest absolute Gasteiger partial charge is 0.258 e. The maximum absolute atomic E-state index is 12.7. The molecule has 0 amide bonds. The summed E-state index contributed by atoms with van der Waals surface area (Å²) >= 11 is 8.11. The van der Waals surface area contributed by atoms with Gasteiger partial charge in [0.15, 0.2) is 5.15 Å². The summed E-state index contributed by atoms with van der Waals surface area (Å²) in [5.74, 6) is 2.80. The molecule has 0 aromatic carbocycles. The van der Waals surface area contributed by atoms with Gasteiger partial charge < -0.3 is 9.30 Å². The minimum absolute atomic E-state index is 0.00164. The van der Waals surface area contributed by atoms with Crippen molar-refractivity contribution in [2.24, 2.45) is 7.05 Å². The van der Waals surface area contributed by atoms with Gasteiger partial charge in [-0.3, -0.25) is 4.79 Å². The van der Waals surface area contributed by atoms with Crippen LogP contribution < -0.4 is 10.3 Å². The molecule has 2 aromatic rings. The summed E-state index contributed by atoms with van der Waals surface area (Å²) in [4.78, 5) is 12.7. The van der Waals surface area contributed by atoms with Crippen molar-refractivity contribution in [2.75, 3.05) is 18.6 Å². The SMILES string of the molecule is COc1nnc(Cl)c2cc(C3CCSCC3)c(=O)n(C)c12. The Morgan fingerprint density at radius 3 is 2.76 bits per heavy atom. The molecule has 0 radical (unpaired) electrons. The maximum Gasteiger partial charge on any atom is 0.258 e. The third-order valence-corrected chi connectivity index (χ3v) is 5.28. The standard InChI is InChI=1S/C14H16ClN3O2S/c1-18-11-10(12(15)16-17-13(11)20-2)7-9(14(18)19)8-3-5-21-6-4-8/h7-8H,3-6H2,1-2H3. The van der Waals surface area contributed by atoms with Crippen molar-refractivity contribution in [1.82, 2.24) is 14.8 Å². The van der Waals surface area contributed by atoms with Gasteiger partial charge in [0.2, 0.25) is 0 Å². The Labute approximate surface area is 131 Å². The van der Waals surface area contributed by atoms with Gasteiger partial charge in [0.1, 0.15) is 5.52 Å². The zero-order chi connectivity index (χ0) is 15.0. The van der Waals surface area contributed by atoms with Crippen molar-refractivity contribution >= 4 is 34.3 Å². The molecule has 1 aliphatic heterocycles. The number of hydrogen-bond donors (Lipinski definition) is 0. The average Bonchev–Trinajstić information content (AvgIpc) is 2.52. The molecule has 112 valence electrons. The highest BCUT2D eigenvalue weighted by Crippen LogP contribution is 2.33. The van der Waals surface area contributed by atoms with E-state index < -0.39 is 0 Å². The summed E-state index contributed by atoms with van der Waals surface area (Å²) in [5.41, 5.74) is 1.42. The minimum Gasteiger partial charge on any atom is -0.478 e. The lowest BCUT2D eigenvalue weighted by Crippen LogP contribution is -2.25. The Morgan fingerprint density at radius 1 is 1.38 bits per heavy atom. The number of aromatic nitrogens is 3. The van der Waals surface area contributed by atoms with E-state index in [-0.39, 0.29) is 5.56 Å². The highest BCUT2D eigenvalue weighted by atomic mass is 35.5. The summed E-state index contributed by atoms with van der Waals surface area (Å²) in [6, 6.07) is 1.87. The van der Waals surface area contributed by atoms with Crippen LogP contribution in [0.2, 0.25) is 5.15 Å². The Kier molecular flexibility index (Phi) is 4.08. The molecule has 0 saturated carbocycles. The quantitative estimate of drug-likeness (QED) is 0.849. The van der Waals surface area contributed by atoms with Crippen LogP contribution in [0.1, 0.15) is 24.3 Å². The van der Waals surface area contributed by atoms with Gasteiger partial charge in [-0.2, -0.15) is 11.8 Å². The second kappa shape index (κ2) is 5.85. The second-order valence-electron chi connectivity index (χ2n) is 5.11. The van der Waals surface area contributed by atoms with Crippen LogP contribution in [0.15, 0.2) is 10.9 Å². The Balaban J connectivity index is 2.26. The zero-order valence-corrected chi connectivity index (χ0v) is 13.5. The number of nitrogens with zero attached hydrogens (tertiary/aromatic N) is 3. The van der Waals surface area contributed by atoms with Crippen LogP contribution in [0.25, 0.3) is 10.9 Å². The van der Waals surface area contributed by atoms with Crippen molar-refractivity contribution in [3.8, 4) is 5.88 Å². The van der Waals surface area contributed by atoms with E-state index in [0.29, 0.717) is 22.5 Å². The van der Waals surface area contributed by atoms with E-state index in [2.05, 4.69) is 10.2 Å². The van der Waals surface area contributed by atoms with Crippen molar-refractivity contribution in [2.45, 2.75) is 18.8 Å². The van der Waals surface area contributed by atoms with Crippen molar-refractivity contribution < 1.29 is 4.74 Å². The van der Waals surface area contributed by atoms with Gasteiger partial charge in [-0.05, 0) is 36.3 Å². The van der Waals surface area contributed by atoms with Gasteiger partial charge in [-0.15, -0.1) is 10.2 Å².